The number of amides is 1. The highest BCUT2D eigenvalue weighted by atomic mass is 32.2. The number of nitrogens with zero attached hydrogens (tertiary/aromatic N) is 2. The van der Waals surface area contributed by atoms with E-state index in [1.54, 1.807) is 11.8 Å². The molecule has 1 N–H and O–H groups in total. The van der Waals surface area contributed by atoms with Crippen molar-refractivity contribution in [2.75, 3.05) is 17.6 Å². The van der Waals surface area contributed by atoms with Crippen LogP contribution in [0.3, 0.4) is 0 Å². The fourth-order valence-corrected chi connectivity index (χ4v) is 4.92. The van der Waals surface area contributed by atoms with Crippen LogP contribution in [0, 0.1) is 0 Å². The van der Waals surface area contributed by atoms with E-state index in [2.05, 4.69) is 17.1 Å². The van der Waals surface area contributed by atoms with Crippen LogP contribution in [0.25, 0.3) is 0 Å². The topological polar surface area (TPSA) is 71.0 Å². The predicted molar refractivity (Wildman–Crippen MR) is 127 cm³/mol. The van der Waals surface area contributed by atoms with Gasteiger partial charge < -0.3 is 15.0 Å². The van der Waals surface area contributed by atoms with Crippen molar-refractivity contribution < 1.29 is 14.3 Å². The van der Waals surface area contributed by atoms with Gasteiger partial charge in [-0.3, -0.25) is 4.79 Å². The first kappa shape index (κ1) is 23.4. The lowest BCUT2D eigenvalue weighted by molar-refractivity contribution is -0.143. The molecule has 1 unspecified atom stereocenters. The fraction of sp³-hybridized carbons (Fsp3) is 0.542. The van der Waals surface area contributed by atoms with Gasteiger partial charge in [0, 0.05) is 24.4 Å². The standard InChI is InChI=1S/C24H33N3O3S/c1-5-6-7-12-20(28)26-19-11-8-10-18(15-19)22-21(23(29)30-16(2)3)17(4)25-24-27(22)13-9-14-31-24/h8,10-11,15-16,22H,5-7,9,12-14H2,1-4H3,(H,26,28). The number of ether oxygens (including phenoxy) is 1. The van der Waals surface area contributed by atoms with E-state index in [1.807, 2.05) is 45.0 Å². The molecule has 7 heteroatoms. The Kier molecular flexibility index (Phi) is 8.18. The minimum atomic E-state index is -0.329. The van der Waals surface area contributed by atoms with E-state index in [0.717, 1.165) is 54.4 Å². The number of unbranched alkanes of at least 4 members (excludes halogenated alkanes) is 2. The normalized spacial score (nSPS) is 18.5. The Morgan fingerprint density at radius 1 is 1.32 bits per heavy atom. The molecule has 31 heavy (non-hydrogen) atoms. The van der Waals surface area contributed by atoms with Crippen molar-refractivity contribution in [3.8, 4) is 0 Å². The molecule has 2 heterocycles. The molecular formula is C24H33N3O3S. The number of aliphatic imine (C=N–C) groups is 1. The van der Waals surface area contributed by atoms with Gasteiger partial charge in [-0.25, -0.2) is 9.79 Å². The number of anilines is 1. The molecule has 1 fully saturated rings. The van der Waals surface area contributed by atoms with Crippen molar-refractivity contribution in [3.63, 3.8) is 0 Å². The van der Waals surface area contributed by atoms with Crippen LogP contribution in [0.5, 0.6) is 0 Å². The van der Waals surface area contributed by atoms with Crippen molar-refractivity contribution in [2.45, 2.75) is 71.9 Å². The molecule has 0 saturated carbocycles. The van der Waals surface area contributed by atoms with Gasteiger partial charge in [0.1, 0.15) is 0 Å². The van der Waals surface area contributed by atoms with Gasteiger partial charge in [0.05, 0.1) is 23.4 Å². The lowest BCUT2D eigenvalue weighted by atomic mass is 9.94. The number of carbonyl (C=O) groups is 2. The second-order valence-corrected chi connectivity index (χ2v) is 9.34. The Morgan fingerprint density at radius 3 is 2.87 bits per heavy atom. The lowest BCUT2D eigenvalue weighted by Crippen LogP contribution is -2.42. The van der Waals surface area contributed by atoms with Gasteiger partial charge >= 0.3 is 5.97 Å². The molecule has 1 aromatic rings. The molecule has 3 rings (SSSR count). The number of amidine groups is 1. The summed E-state index contributed by atoms with van der Waals surface area (Å²) in [4.78, 5) is 32.3. The fourth-order valence-electron chi connectivity index (χ4n) is 3.90. The molecule has 1 amide bonds. The van der Waals surface area contributed by atoms with E-state index in [0.29, 0.717) is 17.7 Å². The Morgan fingerprint density at radius 2 is 2.13 bits per heavy atom. The summed E-state index contributed by atoms with van der Waals surface area (Å²) in [5.74, 6) is 0.718. The summed E-state index contributed by atoms with van der Waals surface area (Å²) in [6.45, 7) is 8.54. The highest BCUT2D eigenvalue weighted by Gasteiger charge is 2.38. The van der Waals surface area contributed by atoms with Crippen LogP contribution in [0.2, 0.25) is 0 Å². The summed E-state index contributed by atoms with van der Waals surface area (Å²) in [6.07, 6.45) is 4.37. The van der Waals surface area contributed by atoms with Gasteiger partial charge in [-0.15, -0.1) is 0 Å². The zero-order chi connectivity index (χ0) is 22.4. The molecule has 0 spiro atoms. The van der Waals surface area contributed by atoms with Crippen LogP contribution in [0.4, 0.5) is 5.69 Å². The quantitative estimate of drug-likeness (QED) is 0.437. The molecule has 1 aromatic carbocycles. The number of nitrogens with one attached hydrogen (secondary N) is 1. The first-order valence-electron chi connectivity index (χ1n) is 11.2. The average molecular weight is 444 g/mol. The van der Waals surface area contributed by atoms with Crippen molar-refractivity contribution in [2.24, 2.45) is 4.99 Å². The predicted octanol–water partition coefficient (Wildman–Crippen LogP) is 5.28. The van der Waals surface area contributed by atoms with Crippen LogP contribution in [0.1, 0.15) is 71.4 Å². The number of benzene rings is 1. The minimum Gasteiger partial charge on any atom is -0.459 e. The molecule has 1 saturated heterocycles. The molecule has 0 aliphatic carbocycles. The van der Waals surface area contributed by atoms with E-state index < -0.39 is 0 Å². The maximum Gasteiger partial charge on any atom is 0.338 e. The Hall–Kier alpha value is -2.28. The Labute approximate surface area is 189 Å². The summed E-state index contributed by atoms with van der Waals surface area (Å²) in [5.41, 5.74) is 2.98. The average Bonchev–Trinajstić information content (AvgIpc) is 2.72. The maximum atomic E-state index is 13.0. The van der Waals surface area contributed by atoms with Gasteiger partial charge in [0.15, 0.2) is 5.17 Å². The van der Waals surface area contributed by atoms with Crippen LogP contribution in [-0.4, -0.2) is 40.3 Å². The van der Waals surface area contributed by atoms with Gasteiger partial charge in [0.25, 0.3) is 0 Å². The van der Waals surface area contributed by atoms with Crippen LogP contribution in [-0.2, 0) is 14.3 Å². The number of rotatable bonds is 8. The van der Waals surface area contributed by atoms with Crippen molar-refractivity contribution in [1.29, 1.82) is 0 Å². The summed E-state index contributed by atoms with van der Waals surface area (Å²) in [6, 6.07) is 7.53. The first-order valence-corrected chi connectivity index (χ1v) is 12.2. The molecule has 1 atom stereocenters. The van der Waals surface area contributed by atoms with E-state index in [9.17, 15) is 9.59 Å². The number of thioether (sulfide) groups is 1. The Balaban J connectivity index is 1.91. The molecule has 0 radical (unpaired) electrons. The zero-order valence-corrected chi connectivity index (χ0v) is 19.8. The van der Waals surface area contributed by atoms with Crippen LogP contribution in [0.15, 0.2) is 40.5 Å². The zero-order valence-electron chi connectivity index (χ0n) is 18.9. The van der Waals surface area contributed by atoms with Crippen molar-refractivity contribution in [1.82, 2.24) is 4.90 Å². The second-order valence-electron chi connectivity index (χ2n) is 8.28. The van der Waals surface area contributed by atoms with Gasteiger partial charge in [0.2, 0.25) is 5.91 Å². The molecule has 0 bridgehead atoms. The SMILES string of the molecule is CCCCCC(=O)Nc1cccc(C2C(C(=O)OC(C)C)=C(C)N=C3SCCCN32)c1. The highest BCUT2D eigenvalue weighted by molar-refractivity contribution is 8.13. The molecule has 168 valence electrons. The third-order valence-electron chi connectivity index (χ3n) is 5.31. The lowest BCUT2D eigenvalue weighted by Gasteiger charge is -2.40. The molecule has 6 nitrogen and oxygen atoms in total. The first-order chi connectivity index (χ1) is 14.9. The Bertz CT molecular complexity index is 879. The smallest absolute Gasteiger partial charge is 0.338 e. The molecular weight excluding hydrogens is 410 g/mol. The monoisotopic (exact) mass is 443 g/mol. The molecule has 2 aliphatic heterocycles. The van der Waals surface area contributed by atoms with E-state index >= 15 is 0 Å². The highest BCUT2D eigenvalue weighted by Crippen LogP contribution is 2.40. The summed E-state index contributed by atoms with van der Waals surface area (Å²) in [7, 11) is 0. The second kappa shape index (κ2) is 10.8. The number of fused-ring (bicyclic) bond motifs is 1. The van der Waals surface area contributed by atoms with Crippen molar-refractivity contribution in [3.05, 3.63) is 41.1 Å². The summed E-state index contributed by atoms with van der Waals surface area (Å²) >= 11 is 1.72. The van der Waals surface area contributed by atoms with Gasteiger partial charge in [-0.05, 0) is 51.3 Å². The number of hydrogen-bond donors (Lipinski definition) is 1. The van der Waals surface area contributed by atoms with Gasteiger partial charge in [-0.2, -0.15) is 0 Å². The van der Waals surface area contributed by atoms with E-state index in [4.69, 9.17) is 9.73 Å². The number of carbonyl (C=O) groups excluding carboxylic acids is 2. The third-order valence-corrected chi connectivity index (χ3v) is 6.39. The summed E-state index contributed by atoms with van der Waals surface area (Å²) < 4.78 is 5.57. The molecule has 2 aliphatic rings. The van der Waals surface area contributed by atoms with E-state index in [-0.39, 0.29) is 24.0 Å². The van der Waals surface area contributed by atoms with Gasteiger partial charge in [-0.1, -0.05) is 43.7 Å². The van der Waals surface area contributed by atoms with E-state index in [1.165, 1.54) is 0 Å². The largest absolute Gasteiger partial charge is 0.459 e. The maximum absolute atomic E-state index is 13.0. The summed E-state index contributed by atoms with van der Waals surface area (Å²) in [5, 5.41) is 3.96. The van der Waals surface area contributed by atoms with Crippen LogP contribution < -0.4 is 5.32 Å². The van der Waals surface area contributed by atoms with Crippen LogP contribution >= 0.6 is 11.8 Å². The number of allylic oxidation sites excluding steroid dienone is 1. The molecule has 0 aromatic heterocycles. The van der Waals surface area contributed by atoms with Crippen molar-refractivity contribution >= 4 is 34.5 Å². The third kappa shape index (κ3) is 5.91. The minimum absolute atomic E-state index is 0.0242. The number of esters is 1. The number of hydrogen-bond acceptors (Lipinski definition) is 6.